The van der Waals surface area contributed by atoms with Crippen LogP contribution in [0, 0.1) is 6.92 Å². The lowest BCUT2D eigenvalue weighted by atomic mass is 10.1. The number of piperidine rings is 1. The van der Waals surface area contributed by atoms with Crippen LogP contribution in [0.3, 0.4) is 0 Å². The van der Waals surface area contributed by atoms with Gasteiger partial charge in [-0.2, -0.15) is 4.31 Å². The molecule has 33 heavy (non-hydrogen) atoms. The fourth-order valence-electron chi connectivity index (χ4n) is 4.38. The van der Waals surface area contributed by atoms with Crippen molar-refractivity contribution in [3.05, 3.63) is 23.8 Å². The van der Waals surface area contributed by atoms with Gasteiger partial charge in [-0.05, 0) is 43.9 Å². The molecule has 0 bridgehead atoms. The first-order valence-corrected chi connectivity index (χ1v) is 13.4. The van der Waals surface area contributed by atoms with Crippen LogP contribution >= 0.6 is 0 Å². The van der Waals surface area contributed by atoms with Crippen LogP contribution in [0.4, 0.5) is 10.5 Å². The number of hydrogen-bond acceptors (Lipinski definition) is 5. The maximum absolute atomic E-state index is 12.8. The summed E-state index contributed by atoms with van der Waals surface area (Å²) in [6.45, 7) is 10.6. The van der Waals surface area contributed by atoms with Gasteiger partial charge in [0.25, 0.3) is 0 Å². The average molecular weight is 480 g/mol. The number of aryl methyl sites for hydroxylation is 1. The molecule has 2 aliphatic rings. The molecule has 9 nitrogen and oxygen atoms in total. The Kier molecular flexibility index (Phi) is 8.72. The molecule has 2 aliphatic heterocycles. The van der Waals surface area contributed by atoms with E-state index in [1.165, 1.54) is 16.8 Å². The van der Waals surface area contributed by atoms with Crippen molar-refractivity contribution < 1.29 is 18.0 Å². The van der Waals surface area contributed by atoms with Crippen molar-refractivity contribution in [1.29, 1.82) is 0 Å². The molecule has 0 aliphatic carbocycles. The van der Waals surface area contributed by atoms with Crippen LogP contribution in [0.15, 0.2) is 23.1 Å². The van der Waals surface area contributed by atoms with Crippen molar-refractivity contribution in [2.45, 2.75) is 44.9 Å². The molecular weight excluding hydrogens is 442 g/mol. The predicted molar refractivity (Wildman–Crippen MR) is 129 cm³/mol. The molecule has 2 saturated heterocycles. The van der Waals surface area contributed by atoms with Gasteiger partial charge in [0.1, 0.15) is 0 Å². The number of nitrogens with zero attached hydrogens (tertiary/aromatic N) is 4. The van der Waals surface area contributed by atoms with E-state index in [1.807, 2.05) is 21.6 Å². The molecule has 0 unspecified atom stereocenters. The third-order valence-corrected chi connectivity index (χ3v) is 8.51. The second kappa shape index (κ2) is 11.3. The van der Waals surface area contributed by atoms with E-state index in [1.54, 1.807) is 26.0 Å². The largest absolute Gasteiger partial charge is 0.325 e. The normalized spacial score (nSPS) is 17.9. The van der Waals surface area contributed by atoms with E-state index >= 15 is 0 Å². The summed E-state index contributed by atoms with van der Waals surface area (Å²) in [6.07, 6.45) is 3.34. The summed E-state index contributed by atoms with van der Waals surface area (Å²) < 4.78 is 27.1. The Morgan fingerprint density at radius 1 is 0.939 bits per heavy atom. The molecule has 3 rings (SSSR count). The molecule has 3 amide bonds. The Labute approximate surface area is 197 Å². The van der Waals surface area contributed by atoms with E-state index in [2.05, 4.69) is 5.32 Å². The second-order valence-electron chi connectivity index (χ2n) is 8.71. The minimum atomic E-state index is -3.60. The highest BCUT2D eigenvalue weighted by molar-refractivity contribution is 7.89. The first-order valence-electron chi connectivity index (χ1n) is 11.9. The van der Waals surface area contributed by atoms with Crippen LogP contribution in [-0.2, 0) is 14.8 Å². The monoisotopic (exact) mass is 479 g/mol. The fourth-order valence-corrected chi connectivity index (χ4v) is 5.87. The Hall–Kier alpha value is -2.17. The summed E-state index contributed by atoms with van der Waals surface area (Å²) in [5, 5.41) is 2.88. The molecular formula is C23H37N5O4S. The standard InChI is InChI=1S/C23H37N5O4S/c1-4-28(5-2)33(31,32)20-10-9-19(3)21(17-20)24-22(29)18-25-13-15-27(16-14-25)23(30)26-11-7-6-8-12-26/h9-10,17H,4-8,11-16,18H2,1-3H3,(H,24,29). The SMILES string of the molecule is CCN(CC)S(=O)(=O)c1ccc(C)c(NC(=O)CN2CCN(C(=O)N3CCCCC3)CC2)c1. The third-order valence-electron chi connectivity index (χ3n) is 6.46. The predicted octanol–water partition coefficient (Wildman–Crippen LogP) is 2.19. The lowest BCUT2D eigenvalue weighted by Gasteiger charge is -2.38. The first-order chi connectivity index (χ1) is 15.8. The number of carbonyl (C=O) groups excluding carboxylic acids is 2. The number of urea groups is 1. The summed E-state index contributed by atoms with van der Waals surface area (Å²) in [6, 6.07) is 4.95. The zero-order valence-corrected chi connectivity index (χ0v) is 20.9. The van der Waals surface area contributed by atoms with Crippen molar-refractivity contribution in [3.63, 3.8) is 0 Å². The third kappa shape index (κ3) is 6.24. The molecule has 0 spiro atoms. The van der Waals surface area contributed by atoms with Crippen molar-refractivity contribution >= 4 is 27.6 Å². The number of rotatable bonds is 7. The van der Waals surface area contributed by atoms with Gasteiger partial charge in [-0.3, -0.25) is 9.69 Å². The highest BCUT2D eigenvalue weighted by Crippen LogP contribution is 2.23. The summed E-state index contributed by atoms with van der Waals surface area (Å²) in [5.41, 5.74) is 1.31. The molecule has 1 aromatic carbocycles. The molecule has 184 valence electrons. The summed E-state index contributed by atoms with van der Waals surface area (Å²) in [4.78, 5) is 31.4. The number of likely N-dealkylation sites (tertiary alicyclic amines) is 1. The zero-order chi connectivity index (χ0) is 24.0. The molecule has 0 radical (unpaired) electrons. The first kappa shape index (κ1) is 25.5. The highest BCUT2D eigenvalue weighted by Gasteiger charge is 2.27. The Morgan fingerprint density at radius 3 is 2.15 bits per heavy atom. The van der Waals surface area contributed by atoms with Gasteiger partial charge in [0.15, 0.2) is 0 Å². The van der Waals surface area contributed by atoms with Crippen LogP contribution in [0.25, 0.3) is 0 Å². The summed E-state index contributed by atoms with van der Waals surface area (Å²) >= 11 is 0. The molecule has 10 heteroatoms. The number of amides is 3. The smallest absolute Gasteiger partial charge is 0.320 e. The second-order valence-corrected chi connectivity index (χ2v) is 10.6. The minimum Gasteiger partial charge on any atom is -0.325 e. The van der Waals surface area contributed by atoms with E-state index in [0.29, 0.717) is 45.0 Å². The number of anilines is 1. The van der Waals surface area contributed by atoms with E-state index in [4.69, 9.17) is 0 Å². The van der Waals surface area contributed by atoms with Crippen molar-refractivity contribution in [1.82, 2.24) is 19.0 Å². The van der Waals surface area contributed by atoms with Gasteiger partial charge in [0.2, 0.25) is 15.9 Å². The average Bonchev–Trinajstić information content (AvgIpc) is 2.81. The zero-order valence-electron chi connectivity index (χ0n) is 20.0. The van der Waals surface area contributed by atoms with Crippen LogP contribution in [0.2, 0.25) is 0 Å². The van der Waals surface area contributed by atoms with E-state index in [-0.39, 0.29) is 23.4 Å². The molecule has 1 aromatic rings. The molecule has 2 heterocycles. The minimum absolute atomic E-state index is 0.112. The lowest BCUT2D eigenvalue weighted by Crippen LogP contribution is -2.54. The number of benzene rings is 1. The number of sulfonamides is 1. The van der Waals surface area contributed by atoms with Gasteiger partial charge in [0, 0.05) is 58.0 Å². The molecule has 0 atom stereocenters. The molecule has 0 saturated carbocycles. The number of carbonyl (C=O) groups is 2. The maximum atomic E-state index is 12.8. The van der Waals surface area contributed by atoms with Crippen molar-refractivity contribution in [2.24, 2.45) is 0 Å². The van der Waals surface area contributed by atoms with E-state index < -0.39 is 10.0 Å². The Balaban J connectivity index is 1.55. The number of piperazine rings is 1. The number of hydrogen-bond donors (Lipinski definition) is 1. The van der Waals surface area contributed by atoms with E-state index in [0.717, 1.165) is 31.5 Å². The summed E-state index contributed by atoms with van der Waals surface area (Å²) in [7, 11) is -3.60. The van der Waals surface area contributed by atoms with Gasteiger partial charge in [-0.15, -0.1) is 0 Å². The molecule has 0 aromatic heterocycles. The van der Waals surface area contributed by atoms with Gasteiger partial charge in [-0.25, -0.2) is 13.2 Å². The Morgan fingerprint density at radius 2 is 1.55 bits per heavy atom. The van der Waals surface area contributed by atoms with Gasteiger partial charge in [0.05, 0.1) is 11.4 Å². The van der Waals surface area contributed by atoms with Crippen LogP contribution in [0.5, 0.6) is 0 Å². The highest BCUT2D eigenvalue weighted by atomic mass is 32.2. The van der Waals surface area contributed by atoms with E-state index in [9.17, 15) is 18.0 Å². The Bertz CT molecular complexity index is 934. The van der Waals surface area contributed by atoms with Crippen molar-refractivity contribution in [2.75, 3.05) is 64.2 Å². The molecule has 1 N–H and O–H groups in total. The quantitative estimate of drug-likeness (QED) is 0.647. The molecule has 2 fully saturated rings. The van der Waals surface area contributed by atoms with Gasteiger partial charge >= 0.3 is 6.03 Å². The lowest BCUT2D eigenvalue weighted by molar-refractivity contribution is -0.117. The maximum Gasteiger partial charge on any atom is 0.320 e. The topological polar surface area (TPSA) is 93.3 Å². The van der Waals surface area contributed by atoms with Crippen molar-refractivity contribution in [3.8, 4) is 0 Å². The van der Waals surface area contributed by atoms with Crippen LogP contribution in [0.1, 0.15) is 38.7 Å². The van der Waals surface area contributed by atoms with Crippen LogP contribution in [-0.4, -0.2) is 98.3 Å². The number of nitrogens with one attached hydrogen (secondary N) is 1. The fraction of sp³-hybridized carbons (Fsp3) is 0.652. The van der Waals surface area contributed by atoms with Crippen LogP contribution < -0.4 is 5.32 Å². The summed E-state index contributed by atoms with van der Waals surface area (Å²) in [5.74, 6) is -0.189. The van der Waals surface area contributed by atoms with Gasteiger partial charge in [-0.1, -0.05) is 19.9 Å². The van der Waals surface area contributed by atoms with Gasteiger partial charge < -0.3 is 15.1 Å².